The van der Waals surface area contributed by atoms with Crippen molar-refractivity contribution in [3.63, 3.8) is 0 Å². The van der Waals surface area contributed by atoms with Gasteiger partial charge in [-0.2, -0.15) is 0 Å². The number of hydrogen-bond acceptors (Lipinski definition) is 3. The lowest BCUT2D eigenvalue weighted by Crippen LogP contribution is -2.64. The van der Waals surface area contributed by atoms with Gasteiger partial charge in [-0.3, -0.25) is 4.90 Å². The van der Waals surface area contributed by atoms with E-state index >= 15 is 0 Å². The van der Waals surface area contributed by atoms with E-state index in [0.29, 0.717) is 12.6 Å². The molecule has 1 saturated heterocycles. The number of benzene rings is 1. The van der Waals surface area contributed by atoms with Gasteiger partial charge in [0.25, 0.3) is 0 Å². The summed E-state index contributed by atoms with van der Waals surface area (Å²) in [6.45, 7) is 11.7. The Hall–Kier alpha value is -1.06. The molecule has 1 fully saturated rings. The molecule has 1 atom stereocenters. The van der Waals surface area contributed by atoms with Crippen LogP contribution in [0.5, 0.6) is 0 Å². The first kappa shape index (κ1) is 14.4. The van der Waals surface area contributed by atoms with Gasteiger partial charge in [0.05, 0.1) is 0 Å². The van der Waals surface area contributed by atoms with E-state index < -0.39 is 0 Å². The highest BCUT2D eigenvalue weighted by Crippen LogP contribution is 2.30. The average Bonchev–Trinajstić information content (AvgIpc) is 2.26. The first-order valence-electron chi connectivity index (χ1n) is 7.10. The summed E-state index contributed by atoms with van der Waals surface area (Å²) in [6.07, 6.45) is 0. The maximum Gasteiger partial charge on any atom is 0.0473 e. The molecule has 0 spiro atoms. The molecule has 1 heterocycles. The molecular weight excluding hydrogens is 234 g/mol. The molecule has 0 aromatic heterocycles. The van der Waals surface area contributed by atoms with Crippen LogP contribution < -0.4 is 10.6 Å². The Balaban J connectivity index is 2.35. The number of aryl methyl sites for hydroxylation is 2. The van der Waals surface area contributed by atoms with Crippen molar-refractivity contribution < 1.29 is 0 Å². The van der Waals surface area contributed by atoms with Gasteiger partial charge in [0.1, 0.15) is 0 Å². The minimum atomic E-state index is 0.140. The van der Waals surface area contributed by atoms with Crippen molar-refractivity contribution in [2.75, 3.05) is 31.6 Å². The van der Waals surface area contributed by atoms with Gasteiger partial charge in [0, 0.05) is 36.9 Å². The highest BCUT2D eigenvalue weighted by molar-refractivity contribution is 5.53. The standard InChI is InChI=1S/C16H27N3/c1-12-6-13(2)8-14(7-12)19-10-15(9-17)18(5)11-16(19,3)4/h6-8,15H,9-11,17H2,1-5H3. The number of rotatable bonds is 2. The van der Waals surface area contributed by atoms with Gasteiger partial charge >= 0.3 is 0 Å². The van der Waals surface area contributed by atoms with Crippen molar-refractivity contribution in [1.82, 2.24) is 4.90 Å². The molecule has 0 saturated carbocycles. The summed E-state index contributed by atoms with van der Waals surface area (Å²) in [7, 11) is 2.18. The van der Waals surface area contributed by atoms with E-state index in [0.717, 1.165) is 13.1 Å². The zero-order valence-corrected chi connectivity index (χ0v) is 12.9. The molecule has 0 radical (unpaired) electrons. The summed E-state index contributed by atoms with van der Waals surface area (Å²) in [6, 6.07) is 7.24. The number of piperazine rings is 1. The molecule has 106 valence electrons. The van der Waals surface area contributed by atoms with Gasteiger partial charge in [-0.15, -0.1) is 0 Å². The van der Waals surface area contributed by atoms with Crippen LogP contribution in [0, 0.1) is 13.8 Å². The number of likely N-dealkylation sites (N-methyl/N-ethyl adjacent to an activating group) is 1. The van der Waals surface area contributed by atoms with Crippen LogP contribution in [0.4, 0.5) is 5.69 Å². The van der Waals surface area contributed by atoms with Crippen molar-refractivity contribution in [3.05, 3.63) is 29.3 Å². The zero-order valence-electron chi connectivity index (χ0n) is 12.9. The van der Waals surface area contributed by atoms with E-state index in [9.17, 15) is 0 Å². The van der Waals surface area contributed by atoms with E-state index in [1.54, 1.807) is 0 Å². The van der Waals surface area contributed by atoms with Crippen molar-refractivity contribution in [2.24, 2.45) is 5.73 Å². The summed E-state index contributed by atoms with van der Waals surface area (Å²) < 4.78 is 0. The quantitative estimate of drug-likeness (QED) is 0.885. The van der Waals surface area contributed by atoms with Gasteiger partial charge in [-0.05, 0) is 58.0 Å². The van der Waals surface area contributed by atoms with E-state index in [1.165, 1.54) is 16.8 Å². The summed E-state index contributed by atoms with van der Waals surface area (Å²) in [5.41, 5.74) is 10.0. The van der Waals surface area contributed by atoms with Gasteiger partial charge in [0.2, 0.25) is 0 Å². The molecule has 0 bridgehead atoms. The number of anilines is 1. The fourth-order valence-corrected chi connectivity index (χ4v) is 3.24. The molecular formula is C16H27N3. The lowest BCUT2D eigenvalue weighted by Gasteiger charge is -2.51. The topological polar surface area (TPSA) is 32.5 Å². The Morgan fingerprint density at radius 3 is 2.32 bits per heavy atom. The zero-order chi connectivity index (χ0) is 14.2. The minimum absolute atomic E-state index is 0.140. The SMILES string of the molecule is Cc1cc(C)cc(N2CC(CN)N(C)CC2(C)C)c1. The number of nitrogens with two attached hydrogens (primary N) is 1. The summed E-state index contributed by atoms with van der Waals surface area (Å²) in [5, 5.41) is 0. The molecule has 2 rings (SSSR count). The lowest BCUT2D eigenvalue weighted by atomic mass is 9.94. The normalized spacial score (nSPS) is 23.7. The molecule has 1 aromatic rings. The first-order chi connectivity index (χ1) is 8.83. The Kier molecular flexibility index (Phi) is 3.88. The second-order valence-electron chi connectivity index (χ2n) is 6.57. The van der Waals surface area contributed by atoms with Crippen LogP contribution in [-0.4, -0.2) is 43.2 Å². The van der Waals surface area contributed by atoms with E-state index in [-0.39, 0.29) is 5.54 Å². The Morgan fingerprint density at radius 2 is 1.79 bits per heavy atom. The Bertz CT molecular complexity index is 433. The second kappa shape index (κ2) is 5.14. The Labute approximate surface area is 117 Å². The van der Waals surface area contributed by atoms with Crippen molar-refractivity contribution in [1.29, 1.82) is 0 Å². The van der Waals surface area contributed by atoms with E-state index in [1.807, 2.05) is 0 Å². The van der Waals surface area contributed by atoms with Gasteiger partial charge in [-0.1, -0.05) is 6.07 Å². The van der Waals surface area contributed by atoms with Crippen molar-refractivity contribution in [3.8, 4) is 0 Å². The molecule has 1 unspecified atom stereocenters. The van der Waals surface area contributed by atoms with Crippen LogP contribution in [0.15, 0.2) is 18.2 Å². The number of nitrogens with zero attached hydrogens (tertiary/aromatic N) is 2. The maximum atomic E-state index is 5.91. The van der Waals surface area contributed by atoms with Crippen LogP contribution in [0.25, 0.3) is 0 Å². The largest absolute Gasteiger partial charge is 0.363 e. The molecule has 1 aromatic carbocycles. The maximum absolute atomic E-state index is 5.91. The summed E-state index contributed by atoms with van der Waals surface area (Å²) in [5.74, 6) is 0. The molecule has 2 N–H and O–H groups in total. The molecule has 1 aliphatic heterocycles. The second-order valence-corrected chi connectivity index (χ2v) is 6.57. The van der Waals surface area contributed by atoms with Gasteiger partial charge < -0.3 is 10.6 Å². The summed E-state index contributed by atoms with van der Waals surface area (Å²) in [4.78, 5) is 4.91. The minimum Gasteiger partial charge on any atom is -0.363 e. The van der Waals surface area contributed by atoms with Crippen molar-refractivity contribution >= 4 is 5.69 Å². The predicted octanol–water partition coefficient (Wildman–Crippen LogP) is 2.16. The highest BCUT2D eigenvalue weighted by atomic mass is 15.3. The highest BCUT2D eigenvalue weighted by Gasteiger charge is 2.36. The van der Waals surface area contributed by atoms with Crippen LogP contribution >= 0.6 is 0 Å². The van der Waals surface area contributed by atoms with Crippen LogP contribution in [0.3, 0.4) is 0 Å². The third-order valence-corrected chi connectivity index (χ3v) is 4.17. The fourth-order valence-electron chi connectivity index (χ4n) is 3.24. The molecule has 0 amide bonds. The Morgan fingerprint density at radius 1 is 1.21 bits per heavy atom. The van der Waals surface area contributed by atoms with Crippen molar-refractivity contribution in [2.45, 2.75) is 39.3 Å². The smallest absolute Gasteiger partial charge is 0.0473 e. The molecule has 3 nitrogen and oxygen atoms in total. The molecule has 1 aliphatic rings. The third-order valence-electron chi connectivity index (χ3n) is 4.17. The fraction of sp³-hybridized carbons (Fsp3) is 0.625. The van der Waals surface area contributed by atoms with Gasteiger partial charge in [0.15, 0.2) is 0 Å². The van der Waals surface area contributed by atoms with E-state index in [4.69, 9.17) is 5.73 Å². The predicted molar refractivity (Wildman–Crippen MR) is 82.8 cm³/mol. The monoisotopic (exact) mass is 261 g/mol. The van der Waals surface area contributed by atoms with Crippen LogP contribution in [-0.2, 0) is 0 Å². The molecule has 0 aliphatic carbocycles. The molecule has 19 heavy (non-hydrogen) atoms. The van der Waals surface area contributed by atoms with Crippen LogP contribution in [0.1, 0.15) is 25.0 Å². The van der Waals surface area contributed by atoms with Crippen LogP contribution in [0.2, 0.25) is 0 Å². The average molecular weight is 261 g/mol. The number of hydrogen-bond donors (Lipinski definition) is 1. The molecule has 3 heteroatoms. The van der Waals surface area contributed by atoms with E-state index in [2.05, 4.69) is 62.7 Å². The third kappa shape index (κ3) is 2.93. The summed E-state index contributed by atoms with van der Waals surface area (Å²) >= 11 is 0. The lowest BCUT2D eigenvalue weighted by molar-refractivity contribution is 0.155. The first-order valence-corrected chi connectivity index (χ1v) is 7.10. The van der Waals surface area contributed by atoms with Gasteiger partial charge in [-0.25, -0.2) is 0 Å².